The highest BCUT2D eigenvalue weighted by atomic mass is 16.5. The summed E-state index contributed by atoms with van der Waals surface area (Å²) in [7, 11) is 0. The number of hydrogen-bond donors (Lipinski definition) is 3. The lowest BCUT2D eigenvalue weighted by Gasteiger charge is -2.11. The molecule has 0 spiro atoms. The molecule has 1 saturated heterocycles. The summed E-state index contributed by atoms with van der Waals surface area (Å²) in [4.78, 5) is 34.9. The Kier molecular flexibility index (Phi) is 9.10. The van der Waals surface area contributed by atoms with E-state index in [0.29, 0.717) is 12.3 Å². The van der Waals surface area contributed by atoms with Gasteiger partial charge in [0.1, 0.15) is 12.2 Å². The smallest absolute Gasteiger partial charge is 0.258 e. The maximum absolute atomic E-state index is 11.8. The van der Waals surface area contributed by atoms with E-state index in [1.54, 1.807) is 24.3 Å². The highest BCUT2D eigenvalue weighted by molar-refractivity contribution is 5.97. The average molecular weight is 404 g/mol. The Morgan fingerprint density at radius 3 is 2.62 bits per heavy atom. The minimum atomic E-state index is -0.492. The summed E-state index contributed by atoms with van der Waals surface area (Å²) >= 11 is 0. The Morgan fingerprint density at radius 1 is 1.21 bits per heavy atom. The van der Waals surface area contributed by atoms with Gasteiger partial charge in [-0.25, -0.2) is 5.43 Å². The lowest BCUT2D eigenvalue weighted by molar-refractivity contribution is -0.129. The topological polar surface area (TPSA) is 118 Å². The van der Waals surface area contributed by atoms with E-state index in [2.05, 4.69) is 21.2 Å². The van der Waals surface area contributed by atoms with Crippen molar-refractivity contribution in [1.29, 1.82) is 0 Å². The van der Waals surface area contributed by atoms with E-state index in [0.717, 1.165) is 25.0 Å². The molecule has 29 heavy (non-hydrogen) atoms. The molecule has 158 valence electrons. The molecule has 1 aromatic rings. The molecule has 2 rings (SSSR count). The van der Waals surface area contributed by atoms with Gasteiger partial charge in [-0.15, -0.1) is 0 Å². The summed E-state index contributed by atoms with van der Waals surface area (Å²) in [5.74, 6) is -0.499. The van der Waals surface area contributed by atoms with Gasteiger partial charge in [0.2, 0.25) is 11.8 Å². The van der Waals surface area contributed by atoms with Crippen molar-refractivity contribution in [1.82, 2.24) is 16.1 Å². The van der Waals surface area contributed by atoms with Crippen molar-refractivity contribution in [3.63, 3.8) is 0 Å². The molecular formula is C20H28N4O5. The van der Waals surface area contributed by atoms with E-state index in [9.17, 15) is 14.4 Å². The minimum Gasteiger partial charge on any atom is -0.484 e. The summed E-state index contributed by atoms with van der Waals surface area (Å²) in [6.45, 7) is 4.82. The standard InChI is InChI=1S/C20H28N4O5/c1-14(2)23-18(25)10-19(26)24-22-11-15-5-7-16(8-6-15)29-13-20(27)21-12-17-4-3-9-28-17/h5-8,11,14,17H,3-4,9-10,12-13H2,1-2H3,(H,21,27)(H,23,25)(H,24,26)/b22-11+/t17-/m1/s1. The van der Waals surface area contributed by atoms with Crippen molar-refractivity contribution in [2.75, 3.05) is 19.8 Å². The van der Waals surface area contributed by atoms with Crippen LogP contribution in [-0.2, 0) is 19.1 Å². The maximum atomic E-state index is 11.8. The largest absolute Gasteiger partial charge is 0.484 e. The van der Waals surface area contributed by atoms with Crippen LogP contribution in [0.1, 0.15) is 38.7 Å². The molecule has 0 aromatic heterocycles. The number of amides is 3. The number of hydrogen-bond acceptors (Lipinski definition) is 6. The second-order valence-corrected chi connectivity index (χ2v) is 6.99. The van der Waals surface area contributed by atoms with E-state index in [1.807, 2.05) is 13.8 Å². The van der Waals surface area contributed by atoms with Crippen molar-refractivity contribution in [2.45, 2.75) is 45.3 Å². The highest BCUT2D eigenvalue weighted by Gasteiger charge is 2.16. The lowest BCUT2D eigenvalue weighted by atomic mass is 10.2. The molecule has 0 saturated carbocycles. The van der Waals surface area contributed by atoms with E-state index < -0.39 is 5.91 Å². The first-order valence-electron chi connectivity index (χ1n) is 9.65. The number of nitrogens with zero attached hydrogens (tertiary/aromatic N) is 1. The van der Waals surface area contributed by atoms with E-state index in [4.69, 9.17) is 9.47 Å². The predicted octanol–water partition coefficient (Wildman–Crippen LogP) is 0.725. The van der Waals surface area contributed by atoms with Crippen LogP contribution in [0.15, 0.2) is 29.4 Å². The third kappa shape index (κ3) is 9.20. The molecule has 0 aliphatic carbocycles. The normalized spacial score (nSPS) is 16.0. The first-order chi connectivity index (χ1) is 13.9. The predicted molar refractivity (Wildman–Crippen MR) is 108 cm³/mol. The SMILES string of the molecule is CC(C)NC(=O)CC(=O)N/N=C/c1ccc(OCC(=O)NC[C@H]2CCCO2)cc1. The molecule has 9 heteroatoms. The van der Waals surface area contributed by atoms with Crippen LogP contribution in [0, 0.1) is 0 Å². The molecule has 0 bridgehead atoms. The zero-order chi connectivity index (χ0) is 21.1. The van der Waals surface area contributed by atoms with Crippen LogP contribution in [0.3, 0.4) is 0 Å². The number of nitrogens with one attached hydrogen (secondary N) is 3. The molecule has 1 aliphatic heterocycles. The zero-order valence-electron chi connectivity index (χ0n) is 16.8. The molecule has 1 aromatic carbocycles. The van der Waals surface area contributed by atoms with Crippen LogP contribution >= 0.6 is 0 Å². The number of hydrazone groups is 1. The van der Waals surface area contributed by atoms with E-state index >= 15 is 0 Å². The Morgan fingerprint density at radius 2 is 1.97 bits per heavy atom. The number of ether oxygens (including phenoxy) is 2. The Bertz CT molecular complexity index is 712. The van der Waals surface area contributed by atoms with E-state index in [1.165, 1.54) is 6.21 Å². The summed E-state index contributed by atoms with van der Waals surface area (Å²) in [5, 5.41) is 9.24. The number of rotatable bonds is 10. The average Bonchev–Trinajstić information content (AvgIpc) is 3.18. The molecule has 3 N–H and O–H groups in total. The van der Waals surface area contributed by atoms with Crippen LogP contribution in [0.2, 0.25) is 0 Å². The van der Waals surface area contributed by atoms with Crippen molar-refractivity contribution < 1.29 is 23.9 Å². The molecule has 1 atom stereocenters. The number of carbonyl (C=O) groups is 3. The fourth-order valence-electron chi connectivity index (χ4n) is 2.62. The number of carbonyl (C=O) groups excluding carboxylic acids is 3. The van der Waals surface area contributed by atoms with Crippen LogP contribution < -0.4 is 20.8 Å². The van der Waals surface area contributed by atoms with Gasteiger partial charge in [0.15, 0.2) is 6.61 Å². The summed E-state index contributed by atoms with van der Waals surface area (Å²) in [6.07, 6.45) is 3.27. The molecule has 1 heterocycles. The molecule has 0 radical (unpaired) electrons. The third-order valence-corrected chi connectivity index (χ3v) is 3.97. The van der Waals surface area contributed by atoms with Crippen LogP contribution in [0.4, 0.5) is 0 Å². The van der Waals surface area contributed by atoms with Crippen molar-refractivity contribution >= 4 is 23.9 Å². The van der Waals surface area contributed by atoms with Gasteiger partial charge in [0, 0.05) is 19.2 Å². The van der Waals surface area contributed by atoms with Crippen molar-refractivity contribution in [3.8, 4) is 5.75 Å². The van der Waals surface area contributed by atoms with Crippen molar-refractivity contribution in [3.05, 3.63) is 29.8 Å². The van der Waals surface area contributed by atoms with Gasteiger partial charge in [0.25, 0.3) is 5.91 Å². The van der Waals surface area contributed by atoms with Crippen molar-refractivity contribution in [2.24, 2.45) is 5.10 Å². The van der Waals surface area contributed by atoms with Crippen LogP contribution in [0.25, 0.3) is 0 Å². The Hall–Kier alpha value is -2.94. The summed E-state index contributed by atoms with van der Waals surface area (Å²) in [6, 6.07) is 6.85. The first kappa shape index (κ1) is 22.4. The molecule has 1 fully saturated rings. The minimum absolute atomic E-state index is 0.0214. The van der Waals surface area contributed by atoms with Gasteiger partial charge >= 0.3 is 0 Å². The van der Waals surface area contributed by atoms with Crippen LogP contribution in [-0.4, -0.2) is 55.8 Å². The zero-order valence-corrected chi connectivity index (χ0v) is 16.8. The fourth-order valence-corrected chi connectivity index (χ4v) is 2.62. The van der Waals surface area contributed by atoms with Gasteiger partial charge < -0.3 is 20.1 Å². The van der Waals surface area contributed by atoms with Gasteiger partial charge in [0.05, 0.1) is 12.3 Å². The quantitative estimate of drug-likeness (QED) is 0.302. The van der Waals surface area contributed by atoms with Gasteiger partial charge in [-0.1, -0.05) is 0 Å². The monoisotopic (exact) mass is 404 g/mol. The second-order valence-electron chi connectivity index (χ2n) is 6.99. The Balaban J connectivity index is 1.66. The molecule has 1 aliphatic rings. The number of benzene rings is 1. The first-order valence-corrected chi connectivity index (χ1v) is 9.65. The maximum Gasteiger partial charge on any atom is 0.258 e. The summed E-state index contributed by atoms with van der Waals surface area (Å²) < 4.78 is 10.9. The van der Waals surface area contributed by atoms with E-state index in [-0.39, 0.29) is 37.0 Å². The molecule has 9 nitrogen and oxygen atoms in total. The Labute approximate surface area is 170 Å². The van der Waals surface area contributed by atoms with Gasteiger partial charge in [-0.2, -0.15) is 5.10 Å². The van der Waals surface area contributed by atoms with Gasteiger partial charge in [-0.3, -0.25) is 14.4 Å². The van der Waals surface area contributed by atoms with Gasteiger partial charge in [-0.05, 0) is 56.5 Å². The summed E-state index contributed by atoms with van der Waals surface area (Å²) in [5.41, 5.74) is 3.03. The lowest BCUT2D eigenvalue weighted by Crippen LogP contribution is -2.35. The molecule has 3 amide bonds. The highest BCUT2D eigenvalue weighted by Crippen LogP contribution is 2.12. The third-order valence-electron chi connectivity index (χ3n) is 3.97. The molecule has 0 unspecified atom stereocenters. The fraction of sp³-hybridized carbons (Fsp3) is 0.500. The van der Waals surface area contributed by atoms with Crippen LogP contribution in [0.5, 0.6) is 5.75 Å². The molecular weight excluding hydrogens is 376 g/mol. The second kappa shape index (κ2) is 11.8.